The number of hydrogen-bond acceptors (Lipinski definition) is 3. The molecule has 5 nitrogen and oxygen atoms in total. The van der Waals surface area contributed by atoms with E-state index in [1.165, 1.54) is 4.31 Å². The molecule has 7 heteroatoms. The molecule has 0 aromatic rings. The van der Waals surface area contributed by atoms with Gasteiger partial charge in [-0.05, 0) is 11.8 Å². The molecule has 17 heavy (non-hydrogen) atoms. The molecule has 0 saturated carbocycles. The van der Waals surface area contributed by atoms with Gasteiger partial charge in [-0.1, -0.05) is 29.8 Å². The summed E-state index contributed by atoms with van der Waals surface area (Å²) in [6, 6.07) is 0. The van der Waals surface area contributed by atoms with E-state index in [9.17, 15) is 8.42 Å². The highest BCUT2D eigenvalue weighted by Crippen LogP contribution is 2.20. The van der Waals surface area contributed by atoms with Crippen LogP contribution in [-0.2, 0) is 14.9 Å². The molecule has 0 unspecified atom stereocenters. The lowest BCUT2D eigenvalue weighted by Crippen LogP contribution is -2.48. The predicted octanol–water partition coefficient (Wildman–Crippen LogP) is 0.964. The quantitative estimate of drug-likeness (QED) is 0.739. The highest BCUT2D eigenvalue weighted by atomic mass is 79.9. The average molecular weight is 329 g/mol. The van der Waals surface area contributed by atoms with Gasteiger partial charge in [-0.2, -0.15) is 12.7 Å². The van der Waals surface area contributed by atoms with E-state index in [4.69, 9.17) is 4.74 Å². The molecule has 0 amide bonds. The van der Waals surface area contributed by atoms with E-state index in [-0.39, 0.29) is 5.41 Å². The van der Waals surface area contributed by atoms with Gasteiger partial charge in [0.1, 0.15) is 0 Å². The minimum atomic E-state index is -3.35. The highest BCUT2D eigenvalue weighted by Gasteiger charge is 2.26. The zero-order valence-electron chi connectivity index (χ0n) is 10.4. The summed E-state index contributed by atoms with van der Waals surface area (Å²) in [7, 11) is -3.35. The van der Waals surface area contributed by atoms with Crippen molar-refractivity contribution < 1.29 is 13.2 Å². The second kappa shape index (κ2) is 6.47. The van der Waals surface area contributed by atoms with Crippen molar-refractivity contribution in [1.29, 1.82) is 0 Å². The van der Waals surface area contributed by atoms with Crippen LogP contribution in [0.25, 0.3) is 0 Å². The summed E-state index contributed by atoms with van der Waals surface area (Å²) >= 11 is 3.38. The third kappa shape index (κ3) is 5.21. The third-order valence-corrected chi connectivity index (χ3v) is 4.76. The van der Waals surface area contributed by atoms with Crippen molar-refractivity contribution in [2.24, 2.45) is 5.41 Å². The van der Waals surface area contributed by atoms with Gasteiger partial charge >= 0.3 is 0 Å². The van der Waals surface area contributed by atoms with Crippen molar-refractivity contribution in [2.75, 3.05) is 38.2 Å². The Morgan fingerprint density at radius 1 is 1.35 bits per heavy atom. The molecule has 1 fully saturated rings. The van der Waals surface area contributed by atoms with Crippen LogP contribution < -0.4 is 4.72 Å². The van der Waals surface area contributed by atoms with Gasteiger partial charge in [-0.25, -0.2) is 4.72 Å². The number of morpholine rings is 1. The van der Waals surface area contributed by atoms with Gasteiger partial charge in [0.25, 0.3) is 10.2 Å². The van der Waals surface area contributed by atoms with E-state index in [0.717, 1.165) is 11.8 Å². The number of hydrogen-bond donors (Lipinski definition) is 1. The number of halogens is 1. The van der Waals surface area contributed by atoms with Crippen molar-refractivity contribution in [2.45, 2.75) is 20.3 Å². The number of alkyl halides is 1. The molecular formula is C10H21BrN2O3S. The first-order chi connectivity index (χ1) is 7.87. The number of ether oxygens (including phenoxy) is 1. The lowest BCUT2D eigenvalue weighted by molar-refractivity contribution is 0.0723. The van der Waals surface area contributed by atoms with Gasteiger partial charge in [-0.15, -0.1) is 0 Å². The van der Waals surface area contributed by atoms with Crippen LogP contribution in [0.5, 0.6) is 0 Å². The van der Waals surface area contributed by atoms with Crippen LogP contribution in [0.15, 0.2) is 0 Å². The molecule has 1 N–H and O–H groups in total. The standard InChI is InChI=1S/C10H21BrN2O3S/c1-10(2,3-4-11)9-12-17(14,15)13-5-7-16-8-6-13/h12H,3-9H2,1-2H3. The molecule has 0 spiro atoms. The van der Waals surface area contributed by atoms with Crippen molar-refractivity contribution in [3.8, 4) is 0 Å². The summed E-state index contributed by atoms with van der Waals surface area (Å²) in [5, 5.41) is 0.874. The molecule has 0 atom stereocenters. The molecule has 0 aliphatic carbocycles. The van der Waals surface area contributed by atoms with Crippen LogP contribution in [0.3, 0.4) is 0 Å². The SMILES string of the molecule is CC(C)(CCBr)CNS(=O)(=O)N1CCOCC1. The Morgan fingerprint density at radius 3 is 2.47 bits per heavy atom. The van der Waals surface area contributed by atoms with E-state index in [1.54, 1.807) is 0 Å². The normalized spacial score (nSPS) is 19.5. The van der Waals surface area contributed by atoms with Crippen molar-refractivity contribution in [3.05, 3.63) is 0 Å². The smallest absolute Gasteiger partial charge is 0.279 e. The molecule has 0 aromatic carbocycles. The Kier molecular flexibility index (Phi) is 5.85. The summed E-state index contributed by atoms with van der Waals surface area (Å²) < 4.78 is 33.2. The van der Waals surface area contributed by atoms with Gasteiger partial charge in [0.2, 0.25) is 0 Å². The van der Waals surface area contributed by atoms with Crippen LogP contribution in [-0.4, -0.2) is 50.9 Å². The molecule has 102 valence electrons. The highest BCUT2D eigenvalue weighted by molar-refractivity contribution is 9.09. The third-order valence-electron chi connectivity index (χ3n) is 2.81. The zero-order valence-corrected chi connectivity index (χ0v) is 12.8. The molecule has 0 bridgehead atoms. The maximum atomic E-state index is 12.0. The first-order valence-corrected chi connectivity index (χ1v) is 8.32. The average Bonchev–Trinajstić information content (AvgIpc) is 2.28. The number of nitrogens with zero attached hydrogens (tertiary/aromatic N) is 1. The van der Waals surface area contributed by atoms with Gasteiger partial charge in [0.15, 0.2) is 0 Å². The first kappa shape index (κ1) is 15.4. The van der Waals surface area contributed by atoms with Gasteiger partial charge in [-0.3, -0.25) is 0 Å². The Balaban J connectivity index is 2.49. The molecule has 1 aliphatic rings. The van der Waals surface area contributed by atoms with Crippen molar-refractivity contribution in [3.63, 3.8) is 0 Å². The van der Waals surface area contributed by atoms with Gasteiger partial charge in [0, 0.05) is 25.0 Å². The second-order valence-electron chi connectivity index (χ2n) is 4.94. The minimum Gasteiger partial charge on any atom is -0.379 e. The summed E-state index contributed by atoms with van der Waals surface area (Å²) in [6.07, 6.45) is 0.929. The van der Waals surface area contributed by atoms with E-state index in [2.05, 4.69) is 34.5 Å². The van der Waals surface area contributed by atoms with Crippen LogP contribution >= 0.6 is 15.9 Å². The Hall–Kier alpha value is 0.310. The largest absolute Gasteiger partial charge is 0.379 e. The second-order valence-corrected chi connectivity index (χ2v) is 7.49. The van der Waals surface area contributed by atoms with Crippen LogP contribution in [0.4, 0.5) is 0 Å². The summed E-state index contributed by atoms with van der Waals surface area (Å²) in [5.74, 6) is 0. The maximum absolute atomic E-state index is 12.0. The van der Waals surface area contributed by atoms with E-state index >= 15 is 0 Å². The molecule has 1 saturated heterocycles. The summed E-state index contributed by atoms with van der Waals surface area (Å²) in [4.78, 5) is 0. The Morgan fingerprint density at radius 2 is 1.94 bits per heavy atom. The van der Waals surface area contributed by atoms with Crippen LogP contribution in [0, 0.1) is 5.41 Å². The van der Waals surface area contributed by atoms with Gasteiger partial charge < -0.3 is 4.74 Å². The molecule has 0 aromatic heterocycles. The van der Waals surface area contributed by atoms with Crippen LogP contribution in [0.2, 0.25) is 0 Å². The molecular weight excluding hydrogens is 308 g/mol. The fourth-order valence-electron chi connectivity index (χ4n) is 1.51. The van der Waals surface area contributed by atoms with Gasteiger partial charge in [0.05, 0.1) is 13.2 Å². The number of rotatable bonds is 6. The molecule has 1 rings (SSSR count). The summed E-state index contributed by atoms with van der Waals surface area (Å²) in [6.45, 7) is 6.39. The Bertz CT molecular complexity index is 326. The van der Waals surface area contributed by atoms with E-state index in [1.807, 2.05) is 0 Å². The molecule has 1 heterocycles. The van der Waals surface area contributed by atoms with Crippen molar-refractivity contribution in [1.82, 2.24) is 9.03 Å². The molecule has 0 radical (unpaired) electrons. The predicted molar refractivity (Wildman–Crippen MR) is 71.5 cm³/mol. The lowest BCUT2D eigenvalue weighted by Gasteiger charge is -2.29. The zero-order chi connectivity index (χ0) is 12.9. The van der Waals surface area contributed by atoms with E-state index < -0.39 is 10.2 Å². The fraction of sp³-hybridized carbons (Fsp3) is 1.00. The topological polar surface area (TPSA) is 58.6 Å². The summed E-state index contributed by atoms with van der Waals surface area (Å²) in [5.41, 5.74) is -0.0388. The number of nitrogens with one attached hydrogen (secondary N) is 1. The molecule has 1 aliphatic heterocycles. The minimum absolute atomic E-state index is 0.0388. The monoisotopic (exact) mass is 328 g/mol. The fourth-order valence-corrected chi connectivity index (χ4v) is 3.97. The maximum Gasteiger partial charge on any atom is 0.279 e. The lowest BCUT2D eigenvalue weighted by atomic mass is 9.91. The first-order valence-electron chi connectivity index (χ1n) is 5.76. The van der Waals surface area contributed by atoms with Crippen LogP contribution in [0.1, 0.15) is 20.3 Å². The van der Waals surface area contributed by atoms with E-state index in [0.29, 0.717) is 32.8 Å². The Labute approximate surface area is 112 Å². The van der Waals surface area contributed by atoms with Crippen molar-refractivity contribution >= 4 is 26.1 Å².